The largest absolute Gasteiger partial charge is 0.676 e. The maximum Gasteiger partial charge on any atom is 0.676 e. The van der Waals surface area contributed by atoms with Crippen molar-refractivity contribution >= 4 is 14.0 Å². The van der Waals surface area contributed by atoms with Crippen LogP contribution in [0.1, 0.15) is 0 Å². The van der Waals surface area contributed by atoms with Crippen LogP contribution in [0, 0.1) is 50.1 Å². The van der Waals surface area contributed by atoms with E-state index in [4.69, 9.17) is 25.7 Å². The molecule has 0 radical (unpaired) electrons. The van der Waals surface area contributed by atoms with E-state index in [-0.39, 0.29) is 0 Å². The van der Waals surface area contributed by atoms with Gasteiger partial charge in [-0.15, -0.1) is 0 Å². The molecule has 6 heteroatoms. The molecular formula is C8H4B2O4. The number of hydrogen-bond donors (Lipinski definition) is 0. The van der Waals surface area contributed by atoms with E-state index >= 15 is 0 Å². The minimum Gasteiger partial charge on any atom is -0.477 e. The van der Waals surface area contributed by atoms with Crippen molar-refractivity contribution < 1.29 is 18.6 Å². The molecule has 4 nitrogen and oxygen atoms in total. The zero-order valence-electron chi connectivity index (χ0n) is 7.10. The molecule has 14 heavy (non-hydrogen) atoms. The van der Waals surface area contributed by atoms with Crippen LogP contribution in [-0.4, -0.2) is 14.0 Å². The van der Waals surface area contributed by atoms with Gasteiger partial charge in [0.1, 0.15) is 0 Å². The zero-order chi connectivity index (χ0) is 10.8. The van der Waals surface area contributed by atoms with Gasteiger partial charge in [0.15, 0.2) is 0 Å². The summed E-state index contributed by atoms with van der Waals surface area (Å²) in [6.07, 6.45) is 26.7. The van der Waals surface area contributed by atoms with E-state index in [0.29, 0.717) is 0 Å². The fourth-order valence-electron chi connectivity index (χ4n) is 0.539. The van der Waals surface area contributed by atoms with Crippen LogP contribution in [0.3, 0.4) is 0 Å². The minimum absolute atomic E-state index is 1.18. The predicted molar refractivity (Wildman–Crippen MR) is 51.2 cm³/mol. The lowest BCUT2D eigenvalue weighted by Gasteiger charge is -2.10. The van der Waals surface area contributed by atoms with Crippen LogP contribution < -0.4 is 0 Å². The summed E-state index contributed by atoms with van der Waals surface area (Å²) < 4.78 is 18.3. The molecule has 0 aliphatic rings. The first-order chi connectivity index (χ1) is 6.79. The van der Waals surface area contributed by atoms with Crippen molar-refractivity contribution in [2.45, 2.75) is 0 Å². The average Bonchev–Trinajstić information content (AvgIpc) is 2.17. The summed E-state index contributed by atoms with van der Waals surface area (Å²) in [4.78, 5) is 0. The Bertz CT molecular complexity index is 261. The van der Waals surface area contributed by atoms with Gasteiger partial charge in [0, 0.05) is 0 Å². The summed E-state index contributed by atoms with van der Waals surface area (Å²) in [5, 5.41) is 0. The van der Waals surface area contributed by atoms with Crippen LogP contribution in [0.4, 0.5) is 0 Å². The fraction of sp³-hybridized carbons (Fsp3) is 0. The van der Waals surface area contributed by atoms with Gasteiger partial charge in [-0.25, -0.2) is 0 Å². The molecule has 0 aromatic carbocycles. The van der Waals surface area contributed by atoms with Crippen LogP contribution in [0.5, 0.6) is 0 Å². The van der Waals surface area contributed by atoms with E-state index in [1.54, 1.807) is 0 Å². The van der Waals surface area contributed by atoms with Crippen molar-refractivity contribution in [3.05, 3.63) is 0 Å². The van der Waals surface area contributed by atoms with Gasteiger partial charge in [0.05, 0.1) is 24.4 Å². The van der Waals surface area contributed by atoms with Crippen LogP contribution in [-0.2, 0) is 18.6 Å². The molecular weight excluding hydrogens is 182 g/mol. The Morgan fingerprint density at radius 1 is 0.571 bits per heavy atom. The van der Waals surface area contributed by atoms with Crippen molar-refractivity contribution in [3.63, 3.8) is 0 Å². The molecule has 0 heterocycles. The first-order valence-electron chi connectivity index (χ1n) is 3.25. The molecule has 0 aromatic rings. The molecule has 0 aliphatic heterocycles. The van der Waals surface area contributed by atoms with Gasteiger partial charge in [0.25, 0.3) is 0 Å². The topological polar surface area (TPSA) is 36.9 Å². The van der Waals surface area contributed by atoms with E-state index in [0.717, 1.165) is 0 Å². The van der Waals surface area contributed by atoms with Gasteiger partial charge in [-0.3, -0.25) is 0 Å². The summed E-state index contributed by atoms with van der Waals surface area (Å²) in [6, 6.07) is 0. The lowest BCUT2D eigenvalue weighted by molar-refractivity contribution is 0.342. The minimum atomic E-state index is -1.18. The van der Waals surface area contributed by atoms with Crippen molar-refractivity contribution in [2.24, 2.45) is 0 Å². The van der Waals surface area contributed by atoms with E-state index in [1.165, 1.54) is 0 Å². The van der Waals surface area contributed by atoms with Gasteiger partial charge in [-0.2, -0.15) is 0 Å². The molecule has 0 aromatic heterocycles. The van der Waals surface area contributed by atoms with Crippen molar-refractivity contribution in [2.75, 3.05) is 0 Å². The lowest BCUT2D eigenvalue weighted by atomic mass is 9.48. The van der Waals surface area contributed by atoms with E-state index in [1.807, 2.05) is 24.4 Å². The highest BCUT2D eigenvalue weighted by Gasteiger charge is 2.48. The molecule has 0 fully saturated rings. The van der Waals surface area contributed by atoms with E-state index in [9.17, 15) is 0 Å². The van der Waals surface area contributed by atoms with Crippen LogP contribution >= 0.6 is 0 Å². The number of terminal acetylenes is 4. The molecule has 0 saturated carbocycles. The Balaban J connectivity index is 4.42. The quantitative estimate of drug-likeness (QED) is 0.427. The third-order valence-electron chi connectivity index (χ3n) is 0.959. The van der Waals surface area contributed by atoms with Gasteiger partial charge >= 0.3 is 14.0 Å². The number of rotatable bonds is 5. The molecule has 0 aliphatic carbocycles. The third-order valence-corrected chi connectivity index (χ3v) is 0.959. The summed E-state index contributed by atoms with van der Waals surface area (Å²) in [5.41, 5.74) is 0. The van der Waals surface area contributed by atoms with Crippen LogP contribution in [0.25, 0.3) is 0 Å². The molecule has 0 amide bonds. The molecule has 0 spiro atoms. The number of hydrogen-bond acceptors (Lipinski definition) is 4. The second kappa shape index (κ2) is 7.23. The van der Waals surface area contributed by atoms with Gasteiger partial charge < -0.3 is 18.6 Å². The monoisotopic (exact) mass is 186 g/mol. The molecule has 0 rings (SSSR count). The SMILES string of the molecule is C#COB(OC#C)B(OC#C)OC#C. The average molecular weight is 186 g/mol. The Morgan fingerprint density at radius 3 is 0.929 bits per heavy atom. The van der Waals surface area contributed by atoms with Gasteiger partial charge in [0.2, 0.25) is 0 Å². The first-order valence-corrected chi connectivity index (χ1v) is 3.25. The van der Waals surface area contributed by atoms with Crippen molar-refractivity contribution in [1.29, 1.82) is 0 Å². The summed E-state index contributed by atoms with van der Waals surface area (Å²) >= 11 is 0. The maximum atomic E-state index is 4.85. The molecule has 0 bridgehead atoms. The first kappa shape index (κ1) is 11.6. The Morgan fingerprint density at radius 2 is 0.786 bits per heavy atom. The highest BCUT2D eigenvalue weighted by atomic mass is 16.6. The Hall–Kier alpha value is -2.43. The van der Waals surface area contributed by atoms with E-state index < -0.39 is 14.0 Å². The maximum absolute atomic E-state index is 4.85. The Kier molecular flexibility index (Phi) is 5.98. The second-order valence-electron chi connectivity index (χ2n) is 1.68. The summed E-state index contributed by atoms with van der Waals surface area (Å²) in [5.74, 6) is 0. The van der Waals surface area contributed by atoms with Crippen LogP contribution in [0.2, 0.25) is 0 Å². The predicted octanol–water partition coefficient (Wildman–Crippen LogP) is -0.530. The molecule has 0 N–H and O–H groups in total. The molecule has 0 saturated heterocycles. The second-order valence-corrected chi connectivity index (χ2v) is 1.68. The molecule has 0 unspecified atom stereocenters. The lowest BCUT2D eigenvalue weighted by Crippen LogP contribution is -2.42. The standard InChI is InChI=1S/C8H4B2O4/c1-5-11-9(12-6-2)10(13-7-3)14-8-4/h1-4H. The molecule has 0 atom stereocenters. The van der Waals surface area contributed by atoms with Gasteiger partial charge in [-0.05, 0) is 0 Å². The summed E-state index contributed by atoms with van der Waals surface area (Å²) in [6.45, 7) is 0. The van der Waals surface area contributed by atoms with Crippen LogP contribution in [0.15, 0.2) is 0 Å². The van der Waals surface area contributed by atoms with E-state index in [2.05, 4.69) is 18.6 Å². The molecule has 66 valence electrons. The van der Waals surface area contributed by atoms with Crippen molar-refractivity contribution in [1.82, 2.24) is 0 Å². The highest BCUT2D eigenvalue weighted by Crippen LogP contribution is 1.98. The smallest absolute Gasteiger partial charge is 0.477 e. The Labute approximate surface area is 83.5 Å². The normalized spacial score (nSPS) is 6.29. The van der Waals surface area contributed by atoms with Gasteiger partial charge in [-0.1, -0.05) is 25.7 Å². The fourth-order valence-corrected chi connectivity index (χ4v) is 0.539. The third kappa shape index (κ3) is 3.82. The highest BCUT2D eigenvalue weighted by molar-refractivity contribution is 7.11. The zero-order valence-corrected chi connectivity index (χ0v) is 7.10. The van der Waals surface area contributed by atoms with Crippen molar-refractivity contribution in [3.8, 4) is 50.1 Å². The summed E-state index contributed by atoms with van der Waals surface area (Å²) in [7, 11) is -2.37.